The molecule has 0 N–H and O–H groups in total. The third-order valence-electron chi connectivity index (χ3n) is 6.82. The maximum Gasteiger partial charge on any atom is 0.338 e. The largest absolute Gasteiger partial charge is 0.463 e. The average Bonchev–Trinajstić information content (AvgIpc) is 3.61. The second-order valence-electron chi connectivity index (χ2n) is 9.47. The van der Waals surface area contributed by atoms with Crippen LogP contribution in [0.5, 0.6) is 0 Å². The number of rotatable bonds is 7. The van der Waals surface area contributed by atoms with E-state index in [2.05, 4.69) is 0 Å². The standard InChI is InChI=1S/C32H22ClN3O6S/c1-2-41-31(38)27-28(19-9-5-3-6-10-19)34-32-35(29(27)20-11-7-4-8-12-20)30(37)26(43-32)18-22-14-16-25(42-22)23-17-21(36(39)40)13-15-24(23)33/h3-18,29H,2H2,1H3/b26-18-/t29-/m1/s1. The van der Waals surface area contributed by atoms with Crippen molar-refractivity contribution in [3.05, 3.63) is 148 Å². The second kappa shape index (κ2) is 11.7. The summed E-state index contributed by atoms with van der Waals surface area (Å²) in [5.41, 5.74) is 2.00. The number of furan rings is 1. The first-order valence-corrected chi connectivity index (χ1v) is 14.4. The quantitative estimate of drug-likeness (QED) is 0.131. The van der Waals surface area contributed by atoms with E-state index in [4.69, 9.17) is 25.7 Å². The molecule has 9 nitrogen and oxygen atoms in total. The van der Waals surface area contributed by atoms with Crippen LogP contribution in [0.2, 0.25) is 5.02 Å². The van der Waals surface area contributed by atoms with Crippen LogP contribution < -0.4 is 14.9 Å². The monoisotopic (exact) mass is 611 g/mol. The van der Waals surface area contributed by atoms with Crippen LogP contribution in [0.4, 0.5) is 5.69 Å². The molecule has 0 saturated carbocycles. The zero-order valence-corrected chi connectivity index (χ0v) is 24.2. The van der Waals surface area contributed by atoms with E-state index in [1.165, 1.54) is 22.8 Å². The van der Waals surface area contributed by atoms with Crippen molar-refractivity contribution in [2.45, 2.75) is 13.0 Å². The molecule has 0 saturated heterocycles. The maximum atomic E-state index is 14.0. The van der Waals surface area contributed by atoms with E-state index in [9.17, 15) is 19.7 Å². The number of benzene rings is 3. The fourth-order valence-electron chi connectivity index (χ4n) is 4.91. The van der Waals surface area contributed by atoms with Crippen molar-refractivity contribution in [3.63, 3.8) is 0 Å². The van der Waals surface area contributed by atoms with E-state index < -0.39 is 16.9 Å². The summed E-state index contributed by atoms with van der Waals surface area (Å²) in [6.45, 7) is 1.89. The highest BCUT2D eigenvalue weighted by Crippen LogP contribution is 2.35. The van der Waals surface area contributed by atoms with Crippen molar-refractivity contribution in [3.8, 4) is 11.3 Å². The topological polar surface area (TPSA) is 117 Å². The Morgan fingerprint density at radius 1 is 1.09 bits per heavy atom. The van der Waals surface area contributed by atoms with Gasteiger partial charge in [-0.25, -0.2) is 9.79 Å². The van der Waals surface area contributed by atoms with E-state index >= 15 is 0 Å². The first-order chi connectivity index (χ1) is 20.9. The molecule has 0 aliphatic carbocycles. The van der Waals surface area contributed by atoms with Gasteiger partial charge in [0.15, 0.2) is 4.80 Å². The Labute approximate surface area is 253 Å². The van der Waals surface area contributed by atoms with Crippen LogP contribution in [-0.2, 0) is 9.53 Å². The van der Waals surface area contributed by atoms with Crippen LogP contribution in [0.25, 0.3) is 23.1 Å². The summed E-state index contributed by atoms with van der Waals surface area (Å²) < 4.78 is 13.3. The molecule has 3 heterocycles. The number of fused-ring (bicyclic) bond motifs is 1. The van der Waals surface area contributed by atoms with E-state index in [1.54, 1.807) is 25.1 Å². The number of halogens is 1. The molecule has 3 aromatic carbocycles. The summed E-state index contributed by atoms with van der Waals surface area (Å²) in [6.07, 6.45) is 1.58. The van der Waals surface area contributed by atoms with Crippen LogP contribution in [0.15, 0.2) is 111 Å². The van der Waals surface area contributed by atoms with Crippen LogP contribution in [-0.4, -0.2) is 22.1 Å². The lowest BCUT2D eigenvalue weighted by Crippen LogP contribution is -2.39. The number of non-ortho nitro benzene ring substituents is 1. The predicted molar refractivity (Wildman–Crippen MR) is 163 cm³/mol. The summed E-state index contributed by atoms with van der Waals surface area (Å²) in [5, 5.41) is 11.6. The zero-order valence-electron chi connectivity index (χ0n) is 22.6. The van der Waals surface area contributed by atoms with Crippen molar-refractivity contribution < 1.29 is 18.9 Å². The number of ether oxygens (including phenoxy) is 1. The van der Waals surface area contributed by atoms with Gasteiger partial charge in [0.25, 0.3) is 11.2 Å². The Hall–Kier alpha value is -5.06. The van der Waals surface area contributed by atoms with Crippen LogP contribution >= 0.6 is 22.9 Å². The third-order valence-corrected chi connectivity index (χ3v) is 8.13. The molecule has 0 bridgehead atoms. The van der Waals surface area contributed by atoms with Gasteiger partial charge >= 0.3 is 5.97 Å². The fraction of sp³-hybridized carbons (Fsp3) is 0.0938. The molecule has 0 fully saturated rings. The molecule has 0 spiro atoms. The first-order valence-electron chi connectivity index (χ1n) is 13.2. The molecule has 214 valence electrons. The molecule has 43 heavy (non-hydrogen) atoms. The number of carbonyl (C=O) groups is 1. The molecule has 0 unspecified atom stereocenters. The van der Waals surface area contributed by atoms with Gasteiger partial charge in [0.1, 0.15) is 11.5 Å². The number of nitro benzene ring substituents is 1. The lowest BCUT2D eigenvalue weighted by molar-refractivity contribution is -0.384. The average molecular weight is 612 g/mol. The molecule has 1 aliphatic heterocycles. The van der Waals surface area contributed by atoms with Crippen molar-refractivity contribution in [1.82, 2.24) is 4.57 Å². The Bertz CT molecular complexity index is 2080. The lowest BCUT2D eigenvalue weighted by Gasteiger charge is -2.25. The third kappa shape index (κ3) is 5.33. The summed E-state index contributed by atoms with van der Waals surface area (Å²) in [4.78, 5) is 43.5. The molecule has 2 aromatic heterocycles. The fourth-order valence-corrected chi connectivity index (χ4v) is 6.10. The number of aromatic nitrogens is 1. The molecule has 0 amide bonds. The summed E-state index contributed by atoms with van der Waals surface area (Å²) in [7, 11) is 0. The molecule has 5 aromatic rings. The minimum absolute atomic E-state index is 0.127. The van der Waals surface area contributed by atoms with Gasteiger partial charge < -0.3 is 9.15 Å². The van der Waals surface area contributed by atoms with Crippen molar-refractivity contribution >= 4 is 46.4 Å². The minimum Gasteiger partial charge on any atom is -0.463 e. The molecule has 6 rings (SSSR count). The van der Waals surface area contributed by atoms with E-state index in [1.807, 2.05) is 60.7 Å². The van der Waals surface area contributed by atoms with Gasteiger partial charge in [-0.15, -0.1) is 0 Å². The molecular formula is C32H22ClN3O6S. The van der Waals surface area contributed by atoms with E-state index in [0.717, 1.165) is 16.9 Å². The van der Waals surface area contributed by atoms with Gasteiger partial charge in [-0.2, -0.15) is 0 Å². The highest BCUT2D eigenvalue weighted by atomic mass is 35.5. The molecule has 11 heteroatoms. The number of nitro groups is 1. The highest BCUT2D eigenvalue weighted by Gasteiger charge is 2.35. The normalized spacial score (nSPS) is 14.7. The Morgan fingerprint density at radius 3 is 2.51 bits per heavy atom. The minimum atomic E-state index is -0.787. The number of nitrogens with zero attached hydrogens (tertiary/aromatic N) is 3. The summed E-state index contributed by atoms with van der Waals surface area (Å²) in [6, 6.07) is 25.2. The van der Waals surface area contributed by atoms with Gasteiger partial charge in [-0.1, -0.05) is 83.6 Å². The Kier molecular flexibility index (Phi) is 7.62. The molecule has 0 radical (unpaired) electrons. The van der Waals surface area contributed by atoms with Crippen molar-refractivity contribution in [2.24, 2.45) is 4.99 Å². The summed E-state index contributed by atoms with van der Waals surface area (Å²) >= 11 is 7.46. The Morgan fingerprint density at radius 2 is 1.81 bits per heavy atom. The van der Waals surface area contributed by atoms with Gasteiger partial charge in [-0.3, -0.25) is 19.5 Å². The van der Waals surface area contributed by atoms with Gasteiger partial charge in [0.05, 0.1) is 38.4 Å². The second-order valence-corrected chi connectivity index (χ2v) is 10.9. The highest BCUT2D eigenvalue weighted by molar-refractivity contribution is 7.07. The van der Waals surface area contributed by atoms with Crippen molar-refractivity contribution in [2.75, 3.05) is 6.61 Å². The van der Waals surface area contributed by atoms with Crippen LogP contribution in [0, 0.1) is 10.1 Å². The van der Waals surface area contributed by atoms with Crippen LogP contribution in [0.3, 0.4) is 0 Å². The zero-order chi connectivity index (χ0) is 30.1. The number of carbonyl (C=O) groups excluding carboxylic acids is 1. The predicted octanol–water partition coefficient (Wildman–Crippen LogP) is 5.76. The Balaban J connectivity index is 1.53. The lowest BCUT2D eigenvalue weighted by atomic mass is 9.93. The molecule has 1 aliphatic rings. The molecular weight excluding hydrogens is 590 g/mol. The van der Waals surface area contributed by atoms with E-state index in [0.29, 0.717) is 37.7 Å². The smallest absolute Gasteiger partial charge is 0.338 e. The van der Waals surface area contributed by atoms with Gasteiger partial charge in [0.2, 0.25) is 0 Å². The van der Waals surface area contributed by atoms with E-state index in [-0.39, 0.29) is 28.4 Å². The number of thiazole rings is 1. The number of esters is 1. The number of hydrogen-bond acceptors (Lipinski definition) is 8. The number of hydrogen-bond donors (Lipinski definition) is 0. The van der Waals surface area contributed by atoms with Crippen molar-refractivity contribution in [1.29, 1.82) is 0 Å². The maximum absolute atomic E-state index is 14.0. The first kappa shape index (κ1) is 28.1. The summed E-state index contributed by atoms with van der Waals surface area (Å²) in [5.74, 6) is 0.0931. The van der Waals surface area contributed by atoms with Crippen LogP contribution in [0.1, 0.15) is 29.9 Å². The SMILES string of the molecule is CCOC(=O)C1=C(c2ccccc2)N=c2s/c(=C\c3ccc(-c4cc([N+](=O)[O-])ccc4Cl)o3)c(=O)n2[C@@H]1c1ccccc1. The van der Waals surface area contributed by atoms with Gasteiger partial charge in [-0.05, 0) is 30.7 Å². The van der Waals surface area contributed by atoms with Gasteiger partial charge in [0, 0.05) is 29.3 Å². The molecule has 1 atom stereocenters.